The first-order valence-electron chi connectivity index (χ1n) is 4.71. The van der Waals surface area contributed by atoms with Crippen molar-refractivity contribution in [2.24, 2.45) is 0 Å². The molecule has 0 aliphatic heterocycles. The van der Waals surface area contributed by atoms with Gasteiger partial charge in [0, 0.05) is 12.1 Å². The molecule has 1 heterocycles. The second-order valence-electron chi connectivity index (χ2n) is 3.10. The van der Waals surface area contributed by atoms with E-state index in [9.17, 15) is 15.0 Å². The van der Waals surface area contributed by atoms with E-state index in [1.807, 2.05) is 0 Å². The lowest BCUT2D eigenvalue weighted by atomic mass is 10.3. The fourth-order valence-corrected chi connectivity index (χ4v) is 1.17. The van der Waals surface area contributed by atoms with Gasteiger partial charge in [-0.3, -0.25) is 4.84 Å². The summed E-state index contributed by atoms with van der Waals surface area (Å²) in [5.74, 6) is -0.524. The van der Waals surface area contributed by atoms with Gasteiger partial charge in [-0.2, -0.15) is 0 Å². The Hall–Kier alpha value is -2.63. The second kappa shape index (κ2) is 4.48. The van der Waals surface area contributed by atoms with Gasteiger partial charge < -0.3 is 14.9 Å². The van der Waals surface area contributed by atoms with Crippen LogP contribution in [-0.2, 0) is 0 Å². The fourth-order valence-electron chi connectivity index (χ4n) is 1.17. The van der Waals surface area contributed by atoms with Crippen LogP contribution in [0.2, 0.25) is 0 Å². The molecule has 0 aliphatic rings. The first-order chi connectivity index (χ1) is 8.16. The van der Waals surface area contributed by atoms with Crippen LogP contribution in [0.25, 0.3) is 0 Å². The maximum absolute atomic E-state index is 11.3. The van der Waals surface area contributed by atoms with E-state index in [2.05, 4.69) is 4.84 Å². The molecule has 2 N–H and O–H groups in total. The predicted molar refractivity (Wildman–Crippen MR) is 56.8 cm³/mol. The summed E-state index contributed by atoms with van der Waals surface area (Å²) in [5.41, 5.74) is 0. The molecule has 0 bridgehead atoms. The molecule has 0 saturated heterocycles. The normalized spacial score (nSPS) is 9.88. The van der Waals surface area contributed by atoms with Crippen molar-refractivity contribution in [1.29, 1.82) is 0 Å². The summed E-state index contributed by atoms with van der Waals surface area (Å²) in [6, 6.07) is 10.6. The number of hydrogen-bond donors (Lipinski definition) is 2. The summed E-state index contributed by atoms with van der Waals surface area (Å²) in [7, 11) is 0. The molecule has 0 fully saturated rings. The third-order valence-corrected chi connectivity index (χ3v) is 1.91. The van der Waals surface area contributed by atoms with Crippen LogP contribution in [0.1, 0.15) is 0 Å². The Morgan fingerprint density at radius 1 is 1.00 bits per heavy atom. The van der Waals surface area contributed by atoms with E-state index in [0.29, 0.717) is 10.5 Å². The van der Waals surface area contributed by atoms with E-state index in [1.54, 1.807) is 30.3 Å². The fraction of sp³-hybridized carbons (Fsp3) is 0. The molecule has 2 rings (SSSR count). The lowest BCUT2D eigenvalue weighted by Gasteiger charge is -2.06. The Kier molecular flexibility index (Phi) is 2.87. The van der Waals surface area contributed by atoms with E-state index in [0.717, 1.165) is 0 Å². The number of carbonyl (C=O) groups is 1. The minimum Gasteiger partial charge on any atom is -0.492 e. The predicted octanol–water partition coefficient (Wildman–Crippen LogP) is 1.53. The lowest BCUT2D eigenvalue weighted by Crippen LogP contribution is -2.22. The van der Waals surface area contributed by atoms with Crippen LogP contribution in [0, 0.1) is 0 Å². The highest BCUT2D eigenvalue weighted by Gasteiger charge is 2.13. The minimum absolute atomic E-state index is 0.295. The molecule has 0 atom stereocenters. The van der Waals surface area contributed by atoms with Crippen LogP contribution in [0.15, 0.2) is 42.5 Å². The van der Waals surface area contributed by atoms with E-state index < -0.39 is 17.9 Å². The maximum Gasteiger partial charge on any atom is 0.539 e. The van der Waals surface area contributed by atoms with Gasteiger partial charge in [0.25, 0.3) is 0 Å². The van der Waals surface area contributed by atoms with Gasteiger partial charge in [0.15, 0.2) is 0 Å². The lowest BCUT2D eigenvalue weighted by molar-refractivity contribution is 0.0708. The molecule has 1 aromatic heterocycles. The number of para-hydroxylation sites is 1. The molecule has 6 nitrogen and oxygen atoms in total. The molecule has 1 aromatic carbocycles. The van der Waals surface area contributed by atoms with Crippen molar-refractivity contribution >= 4 is 6.16 Å². The van der Waals surface area contributed by atoms with Gasteiger partial charge in [-0.05, 0) is 12.1 Å². The number of carbonyl (C=O) groups excluding carboxylic acids is 1. The Bertz CT molecular complexity index is 500. The van der Waals surface area contributed by atoms with Crippen molar-refractivity contribution in [3.8, 4) is 17.5 Å². The molecule has 2 aromatic rings. The molecule has 6 heteroatoms. The van der Waals surface area contributed by atoms with Crippen LogP contribution >= 0.6 is 0 Å². The molecular weight excluding hydrogens is 226 g/mol. The second-order valence-corrected chi connectivity index (χ2v) is 3.10. The summed E-state index contributed by atoms with van der Waals surface area (Å²) >= 11 is 0. The molecule has 0 aliphatic carbocycles. The third kappa shape index (κ3) is 2.49. The van der Waals surface area contributed by atoms with Crippen LogP contribution in [0.3, 0.4) is 0 Å². The van der Waals surface area contributed by atoms with Crippen molar-refractivity contribution in [2.75, 3.05) is 0 Å². The summed E-state index contributed by atoms with van der Waals surface area (Å²) in [6.45, 7) is 0. The van der Waals surface area contributed by atoms with Gasteiger partial charge >= 0.3 is 6.16 Å². The van der Waals surface area contributed by atoms with E-state index in [1.165, 1.54) is 12.1 Å². The smallest absolute Gasteiger partial charge is 0.492 e. The summed E-state index contributed by atoms with van der Waals surface area (Å²) in [5, 5.41) is 18.4. The minimum atomic E-state index is -1.07. The summed E-state index contributed by atoms with van der Waals surface area (Å²) < 4.78 is 5.34. The van der Waals surface area contributed by atoms with Crippen molar-refractivity contribution in [1.82, 2.24) is 4.73 Å². The Morgan fingerprint density at radius 3 is 2.18 bits per heavy atom. The highest BCUT2D eigenvalue weighted by molar-refractivity contribution is 5.64. The van der Waals surface area contributed by atoms with E-state index >= 15 is 0 Å². The van der Waals surface area contributed by atoms with Crippen molar-refractivity contribution < 1.29 is 24.6 Å². The largest absolute Gasteiger partial charge is 0.539 e. The van der Waals surface area contributed by atoms with Gasteiger partial charge in [0.2, 0.25) is 11.8 Å². The molecule has 0 radical (unpaired) electrons. The molecule has 17 heavy (non-hydrogen) atoms. The zero-order chi connectivity index (χ0) is 12.3. The SMILES string of the molecule is O=C(Oc1ccccc1)On1c(O)ccc1O. The van der Waals surface area contributed by atoms with Crippen LogP contribution in [0.4, 0.5) is 4.79 Å². The van der Waals surface area contributed by atoms with Gasteiger partial charge in [0.05, 0.1) is 0 Å². The zero-order valence-corrected chi connectivity index (χ0v) is 8.61. The highest BCUT2D eigenvalue weighted by Crippen LogP contribution is 2.19. The van der Waals surface area contributed by atoms with Crippen LogP contribution < -0.4 is 9.57 Å². The standard InChI is InChI=1S/C11H9NO5/c13-9-6-7-10(14)12(9)17-11(15)16-8-4-2-1-3-5-8/h1-7,13-14H. The first-order valence-corrected chi connectivity index (χ1v) is 4.71. The van der Waals surface area contributed by atoms with Crippen LogP contribution in [-0.4, -0.2) is 21.1 Å². The molecule has 0 amide bonds. The molecule has 0 spiro atoms. The summed E-state index contributed by atoms with van der Waals surface area (Å²) in [6.07, 6.45) is -1.07. The van der Waals surface area contributed by atoms with E-state index in [-0.39, 0.29) is 0 Å². The zero-order valence-electron chi connectivity index (χ0n) is 8.61. The monoisotopic (exact) mass is 235 g/mol. The molecular formula is C11H9NO5. The number of ether oxygens (including phenoxy) is 1. The van der Waals surface area contributed by atoms with Crippen LogP contribution in [0.5, 0.6) is 17.5 Å². The highest BCUT2D eigenvalue weighted by atomic mass is 16.8. The molecule has 0 saturated carbocycles. The number of rotatable bonds is 2. The maximum atomic E-state index is 11.3. The van der Waals surface area contributed by atoms with Gasteiger partial charge in [-0.25, -0.2) is 4.79 Å². The topological polar surface area (TPSA) is 80.9 Å². The van der Waals surface area contributed by atoms with Gasteiger partial charge in [-0.15, -0.1) is 4.73 Å². The summed E-state index contributed by atoms with van der Waals surface area (Å²) in [4.78, 5) is 15.9. The Labute approximate surface area is 96.2 Å². The van der Waals surface area contributed by atoms with Crippen molar-refractivity contribution in [3.05, 3.63) is 42.5 Å². The Morgan fingerprint density at radius 2 is 1.59 bits per heavy atom. The molecule has 0 unspecified atom stereocenters. The quantitative estimate of drug-likeness (QED) is 0.609. The van der Waals surface area contributed by atoms with Gasteiger partial charge in [0.1, 0.15) is 5.75 Å². The van der Waals surface area contributed by atoms with Crippen molar-refractivity contribution in [3.63, 3.8) is 0 Å². The first kappa shape index (κ1) is 10.9. The average Bonchev–Trinajstić information content (AvgIpc) is 2.62. The molecule has 88 valence electrons. The number of benzene rings is 1. The number of hydrogen-bond acceptors (Lipinski definition) is 5. The van der Waals surface area contributed by atoms with E-state index in [4.69, 9.17) is 4.74 Å². The number of aromatic nitrogens is 1. The Balaban J connectivity index is 2.03. The van der Waals surface area contributed by atoms with Gasteiger partial charge in [-0.1, -0.05) is 18.2 Å². The average molecular weight is 235 g/mol. The number of aromatic hydroxyl groups is 2. The third-order valence-electron chi connectivity index (χ3n) is 1.91. The number of nitrogens with zero attached hydrogens (tertiary/aromatic N) is 1. The van der Waals surface area contributed by atoms with Crippen molar-refractivity contribution in [2.45, 2.75) is 0 Å².